The molecule has 164 valence electrons. The predicted molar refractivity (Wildman–Crippen MR) is 125 cm³/mol. The second-order valence-corrected chi connectivity index (χ2v) is 8.61. The third-order valence-corrected chi connectivity index (χ3v) is 6.25. The Morgan fingerprint density at radius 3 is 2.61 bits per heavy atom. The van der Waals surface area contributed by atoms with Crippen LogP contribution in [0, 0.1) is 18.3 Å². The molecule has 1 atom stereocenters. The van der Waals surface area contributed by atoms with Crippen molar-refractivity contribution in [2.24, 2.45) is 5.73 Å². The smallest absolute Gasteiger partial charge is 0.344 e. The second kappa shape index (κ2) is 7.85. The van der Waals surface area contributed by atoms with Gasteiger partial charge in [-0.3, -0.25) is 0 Å². The van der Waals surface area contributed by atoms with Crippen molar-refractivity contribution in [2.45, 2.75) is 12.8 Å². The van der Waals surface area contributed by atoms with Crippen molar-refractivity contribution in [1.82, 2.24) is 9.78 Å². The van der Waals surface area contributed by atoms with Crippen molar-refractivity contribution in [3.63, 3.8) is 0 Å². The zero-order chi connectivity index (χ0) is 23.4. The van der Waals surface area contributed by atoms with Crippen LogP contribution in [0.1, 0.15) is 22.7 Å². The number of rotatable bonds is 2. The van der Waals surface area contributed by atoms with Crippen LogP contribution in [0.15, 0.2) is 63.1 Å². The minimum Gasteiger partial charge on any atom is -0.439 e. The molecular formula is C23H13Cl3N4O3. The van der Waals surface area contributed by atoms with Crippen LogP contribution in [0.4, 0.5) is 0 Å². The Morgan fingerprint density at radius 1 is 1.12 bits per heavy atom. The predicted octanol–water partition coefficient (Wildman–Crippen LogP) is 5.47. The number of nitrogens with two attached hydrogens (primary N) is 1. The normalized spacial score (nSPS) is 15.3. The molecule has 5 rings (SSSR count). The van der Waals surface area contributed by atoms with Crippen LogP contribution in [-0.4, -0.2) is 9.78 Å². The molecule has 33 heavy (non-hydrogen) atoms. The first-order valence-corrected chi connectivity index (χ1v) is 10.8. The number of fused-ring (bicyclic) bond motifs is 3. The summed E-state index contributed by atoms with van der Waals surface area (Å²) in [4.78, 5) is 13.1. The number of nitriles is 1. The van der Waals surface area contributed by atoms with Crippen LogP contribution >= 0.6 is 34.8 Å². The van der Waals surface area contributed by atoms with Gasteiger partial charge in [0.05, 0.1) is 28.2 Å². The summed E-state index contributed by atoms with van der Waals surface area (Å²) in [6.07, 6.45) is 0. The highest BCUT2D eigenvalue weighted by Crippen LogP contribution is 2.46. The number of nitrogens with zero attached hydrogens (tertiary/aromatic N) is 3. The lowest BCUT2D eigenvalue weighted by Crippen LogP contribution is -2.26. The van der Waals surface area contributed by atoms with E-state index in [-0.39, 0.29) is 33.5 Å². The molecule has 3 heterocycles. The van der Waals surface area contributed by atoms with E-state index in [0.29, 0.717) is 32.4 Å². The summed E-state index contributed by atoms with van der Waals surface area (Å²) in [6.45, 7) is 1.72. The fourth-order valence-electron chi connectivity index (χ4n) is 4.00. The van der Waals surface area contributed by atoms with Crippen molar-refractivity contribution in [2.75, 3.05) is 0 Å². The minimum absolute atomic E-state index is 0.0202. The molecule has 1 aliphatic rings. The van der Waals surface area contributed by atoms with Gasteiger partial charge in [-0.15, -0.1) is 0 Å². The molecule has 0 bridgehead atoms. The molecule has 1 aliphatic heterocycles. The maximum Gasteiger partial charge on any atom is 0.344 e. The van der Waals surface area contributed by atoms with Crippen LogP contribution in [0.5, 0.6) is 5.75 Å². The molecule has 0 fully saturated rings. The fourth-order valence-corrected chi connectivity index (χ4v) is 4.74. The van der Waals surface area contributed by atoms with E-state index in [1.165, 1.54) is 4.68 Å². The summed E-state index contributed by atoms with van der Waals surface area (Å²) >= 11 is 19.1. The first kappa shape index (κ1) is 21.4. The zero-order valence-electron chi connectivity index (χ0n) is 16.9. The van der Waals surface area contributed by atoms with Crippen molar-refractivity contribution < 1.29 is 9.15 Å². The number of benzene rings is 2. The van der Waals surface area contributed by atoms with Crippen molar-refractivity contribution in [3.8, 4) is 17.5 Å². The van der Waals surface area contributed by atoms with Crippen LogP contribution in [-0.2, 0) is 0 Å². The molecule has 7 nitrogen and oxygen atoms in total. The van der Waals surface area contributed by atoms with Gasteiger partial charge >= 0.3 is 5.63 Å². The first-order valence-electron chi connectivity index (χ1n) is 9.65. The maximum atomic E-state index is 13.1. The van der Waals surface area contributed by atoms with E-state index < -0.39 is 11.5 Å². The van der Waals surface area contributed by atoms with Gasteiger partial charge in [0.15, 0.2) is 5.75 Å². The van der Waals surface area contributed by atoms with E-state index in [4.69, 9.17) is 49.7 Å². The highest BCUT2D eigenvalue weighted by atomic mass is 35.5. The largest absolute Gasteiger partial charge is 0.439 e. The summed E-state index contributed by atoms with van der Waals surface area (Å²) in [6, 6.07) is 13.8. The lowest BCUT2D eigenvalue weighted by molar-refractivity contribution is 0.388. The zero-order valence-corrected chi connectivity index (χ0v) is 19.2. The molecule has 0 radical (unpaired) electrons. The SMILES string of the molecule is Cc1nn(-c2cccc(Cl)c2)c(Cl)c1C1C(C#N)=C(N)Oc2c1c(=O)oc1ccc(Cl)cc21. The van der Waals surface area contributed by atoms with Crippen LogP contribution in [0.3, 0.4) is 0 Å². The lowest BCUT2D eigenvalue weighted by atomic mass is 9.84. The van der Waals surface area contributed by atoms with Gasteiger partial charge in [0, 0.05) is 15.6 Å². The van der Waals surface area contributed by atoms with Gasteiger partial charge < -0.3 is 14.9 Å². The average Bonchev–Trinajstić information content (AvgIpc) is 3.07. The Hall–Kier alpha value is -3.44. The molecule has 0 spiro atoms. The standard InChI is InChI=1S/C23H13Cl3N4O3/c1-10-17(21(26)30(29-10)13-4-2-3-11(24)7-13)18-15(9-27)22(28)33-20-14-8-12(25)5-6-16(14)32-23(31)19(18)20/h2-8,18H,28H2,1H3. The van der Waals surface area contributed by atoms with E-state index in [9.17, 15) is 10.1 Å². The van der Waals surface area contributed by atoms with Gasteiger partial charge in [0.25, 0.3) is 0 Å². The molecule has 2 aromatic carbocycles. The average molecular weight is 500 g/mol. The molecule has 0 amide bonds. The molecule has 2 N–H and O–H groups in total. The fraction of sp³-hybridized carbons (Fsp3) is 0.0870. The van der Waals surface area contributed by atoms with E-state index in [0.717, 1.165) is 0 Å². The Balaban J connectivity index is 1.83. The number of halogens is 3. The summed E-state index contributed by atoms with van der Waals surface area (Å²) in [5, 5.41) is 16.0. The van der Waals surface area contributed by atoms with Crippen LogP contribution in [0.25, 0.3) is 16.7 Å². The molecular weight excluding hydrogens is 487 g/mol. The number of allylic oxidation sites excluding steroid dienone is 1. The van der Waals surface area contributed by atoms with Gasteiger partial charge in [0.1, 0.15) is 22.4 Å². The summed E-state index contributed by atoms with van der Waals surface area (Å²) in [5.74, 6) is -0.942. The molecule has 4 aromatic rings. The van der Waals surface area contributed by atoms with Crippen LogP contribution in [0.2, 0.25) is 15.2 Å². The van der Waals surface area contributed by atoms with Crippen molar-refractivity contribution in [1.29, 1.82) is 5.26 Å². The highest BCUT2D eigenvalue weighted by Gasteiger charge is 2.39. The molecule has 0 saturated heterocycles. The second-order valence-electron chi connectivity index (χ2n) is 7.38. The Bertz CT molecular complexity index is 1600. The number of hydrogen-bond acceptors (Lipinski definition) is 6. The maximum absolute atomic E-state index is 13.1. The molecule has 1 unspecified atom stereocenters. The van der Waals surface area contributed by atoms with Crippen LogP contribution < -0.4 is 16.1 Å². The number of aromatic nitrogens is 2. The first-order chi connectivity index (χ1) is 15.8. The van der Waals surface area contributed by atoms with Gasteiger partial charge in [-0.25, -0.2) is 9.48 Å². The summed E-state index contributed by atoms with van der Waals surface area (Å²) in [5.41, 5.74) is 7.35. The molecule has 0 aliphatic carbocycles. The molecule has 2 aromatic heterocycles. The van der Waals surface area contributed by atoms with E-state index in [2.05, 4.69) is 5.10 Å². The monoisotopic (exact) mass is 498 g/mol. The summed E-state index contributed by atoms with van der Waals surface area (Å²) < 4.78 is 12.8. The van der Waals surface area contributed by atoms with E-state index in [1.54, 1.807) is 49.4 Å². The van der Waals surface area contributed by atoms with Gasteiger partial charge in [-0.1, -0.05) is 40.9 Å². The number of hydrogen-bond donors (Lipinski definition) is 1. The third-order valence-electron chi connectivity index (χ3n) is 5.42. The molecule has 0 saturated carbocycles. The minimum atomic E-state index is -0.959. The molecule has 10 heteroatoms. The van der Waals surface area contributed by atoms with Gasteiger partial charge in [0.2, 0.25) is 5.88 Å². The van der Waals surface area contributed by atoms with Gasteiger partial charge in [-0.2, -0.15) is 10.4 Å². The quantitative estimate of drug-likeness (QED) is 0.367. The Labute approximate surface area is 202 Å². The Kier molecular flexibility index (Phi) is 5.09. The highest BCUT2D eigenvalue weighted by molar-refractivity contribution is 6.32. The van der Waals surface area contributed by atoms with E-state index in [1.807, 2.05) is 6.07 Å². The third kappa shape index (κ3) is 3.35. The number of aryl methyl sites for hydroxylation is 1. The van der Waals surface area contributed by atoms with Gasteiger partial charge in [-0.05, 0) is 43.3 Å². The lowest BCUT2D eigenvalue weighted by Gasteiger charge is -2.25. The number of ether oxygens (including phenoxy) is 1. The summed E-state index contributed by atoms with van der Waals surface area (Å²) in [7, 11) is 0. The van der Waals surface area contributed by atoms with E-state index >= 15 is 0 Å². The van der Waals surface area contributed by atoms with Crippen molar-refractivity contribution >= 4 is 45.8 Å². The Morgan fingerprint density at radius 2 is 1.88 bits per heavy atom. The van der Waals surface area contributed by atoms with Crippen molar-refractivity contribution in [3.05, 3.63) is 96.4 Å². The topological polar surface area (TPSA) is 107 Å².